The number of guanidine groups is 1. The van der Waals surface area contributed by atoms with Gasteiger partial charge in [0.05, 0.1) is 18.4 Å². The summed E-state index contributed by atoms with van der Waals surface area (Å²) >= 11 is 0. The lowest BCUT2D eigenvalue weighted by atomic mass is 9.94. The third-order valence-electron chi connectivity index (χ3n) is 4.92. The molecule has 7 heteroatoms. The molecule has 2 aromatic rings. The number of nitrogens with zero attached hydrogens (tertiary/aromatic N) is 1. The summed E-state index contributed by atoms with van der Waals surface area (Å²) in [5.74, 6) is 1.75. The highest BCUT2D eigenvalue weighted by Crippen LogP contribution is 2.23. The summed E-state index contributed by atoms with van der Waals surface area (Å²) in [6, 6.07) is 14.1. The van der Waals surface area contributed by atoms with Gasteiger partial charge < -0.3 is 24.5 Å². The molecule has 2 N–H and O–H groups in total. The fourth-order valence-corrected chi connectivity index (χ4v) is 3.13. The fourth-order valence-electron chi connectivity index (χ4n) is 3.13. The largest absolute Gasteiger partial charge is 0.469 e. The second-order valence-electron chi connectivity index (χ2n) is 6.76. The number of furan rings is 1. The van der Waals surface area contributed by atoms with Gasteiger partial charge in [0.25, 0.3) is 0 Å². The monoisotopic (exact) mass is 499 g/mol. The van der Waals surface area contributed by atoms with Crippen LogP contribution in [0.3, 0.4) is 0 Å². The molecule has 0 atom stereocenters. The van der Waals surface area contributed by atoms with E-state index in [9.17, 15) is 0 Å². The van der Waals surface area contributed by atoms with Crippen molar-refractivity contribution in [2.24, 2.45) is 4.99 Å². The Balaban J connectivity index is 0.00000280. The molecule has 6 nitrogen and oxygen atoms in total. The van der Waals surface area contributed by atoms with E-state index < -0.39 is 0 Å². The van der Waals surface area contributed by atoms with E-state index in [1.807, 2.05) is 30.3 Å². The van der Waals surface area contributed by atoms with Crippen molar-refractivity contribution in [2.75, 3.05) is 33.4 Å². The number of halogens is 1. The van der Waals surface area contributed by atoms with Crippen molar-refractivity contribution in [3.05, 3.63) is 60.1 Å². The Morgan fingerprint density at radius 2 is 1.89 bits per heavy atom. The van der Waals surface area contributed by atoms with Crippen LogP contribution in [0.25, 0.3) is 0 Å². The summed E-state index contributed by atoms with van der Waals surface area (Å²) < 4.78 is 16.7. The quantitative estimate of drug-likeness (QED) is 0.331. The molecular formula is C21H30IN3O3. The molecule has 1 aromatic heterocycles. The third-order valence-corrected chi connectivity index (χ3v) is 4.92. The third kappa shape index (κ3) is 7.10. The minimum atomic E-state index is -0.200. The van der Waals surface area contributed by atoms with E-state index in [1.54, 1.807) is 13.4 Å². The second kappa shape index (κ2) is 12.1. The molecule has 28 heavy (non-hydrogen) atoms. The fraction of sp³-hybridized carbons (Fsp3) is 0.476. The van der Waals surface area contributed by atoms with Gasteiger partial charge in [-0.1, -0.05) is 30.3 Å². The maximum Gasteiger partial charge on any atom is 0.191 e. The van der Waals surface area contributed by atoms with Gasteiger partial charge in [0, 0.05) is 52.7 Å². The summed E-state index contributed by atoms with van der Waals surface area (Å²) in [5, 5.41) is 6.86. The molecule has 1 aromatic carbocycles. The molecule has 1 fully saturated rings. The van der Waals surface area contributed by atoms with E-state index >= 15 is 0 Å². The summed E-state index contributed by atoms with van der Waals surface area (Å²) in [6.07, 6.45) is 4.28. The van der Waals surface area contributed by atoms with Gasteiger partial charge in [0.15, 0.2) is 5.96 Å². The van der Waals surface area contributed by atoms with Gasteiger partial charge in [0.2, 0.25) is 0 Å². The Kier molecular flexibility index (Phi) is 9.80. The van der Waals surface area contributed by atoms with Gasteiger partial charge in [0.1, 0.15) is 5.76 Å². The standard InChI is InChI=1S/C21H29N3O3.HI/c1-25-21(10-14-26-15-11-21)17-24-20(22-12-9-19-8-5-13-27-19)23-16-18-6-3-2-4-7-18;/h2-8,13H,9-12,14-17H2,1H3,(H2,22,23,24);1H. The van der Waals surface area contributed by atoms with Crippen molar-refractivity contribution < 1.29 is 13.9 Å². The number of ether oxygens (including phenoxy) is 2. The van der Waals surface area contributed by atoms with E-state index in [-0.39, 0.29) is 29.6 Å². The predicted octanol–water partition coefficient (Wildman–Crippen LogP) is 3.37. The van der Waals surface area contributed by atoms with Crippen LogP contribution < -0.4 is 10.6 Å². The molecule has 3 rings (SSSR count). The number of methoxy groups -OCH3 is 1. The first-order chi connectivity index (χ1) is 13.3. The van der Waals surface area contributed by atoms with E-state index in [4.69, 9.17) is 18.9 Å². The highest BCUT2D eigenvalue weighted by molar-refractivity contribution is 14.0. The van der Waals surface area contributed by atoms with Crippen LogP contribution in [0.4, 0.5) is 0 Å². The highest BCUT2D eigenvalue weighted by Gasteiger charge is 2.32. The number of benzene rings is 1. The summed E-state index contributed by atoms with van der Waals surface area (Å²) in [5.41, 5.74) is 0.978. The van der Waals surface area contributed by atoms with Crippen LogP contribution in [-0.2, 0) is 22.4 Å². The second-order valence-corrected chi connectivity index (χ2v) is 6.76. The Morgan fingerprint density at radius 1 is 1.11 bits per heavy atom. The number of nitrogens with one attached hydrogen (secondary N) is 2. The predicted molar refractivity (Wildman–Crippen MR) is 121 cm³/mol. The van der Waals surface area contributed by atoms with Crippen molar-refractivity contribution in [2.45, 2.75) is 31.4 Å². The average Bonchev–Trinajstić information content (AvgIpc) is 3.24. The zero-order valence-corrected chi connectivity index (χ0v) is 18.7. The first-order valence-electron chi connectivity index (χ1n) is 9.51. The SMILES string of the molecule is COC1(CNC(=NCc2ccccc2)NCCc2ccco2)CCOCC1.I. The number of hydrogen-bond donors (Lipinski definition) is 2. The van der Waals surface area contributed by atoms with Crippen molar-refractivity contribution >= 4 is 29.9 Å². The van der Waals surface area contributed by atoms with Crippen molar-refractivity contribution in [3.63, 3.8) is 0 Å². The molecule has 0 radical (unpaired) electrons. The topological polar surface area (TPSA) is 68.0 Å². The molecule has 0 bridgehead atoms. The first kappa shape index (κ1) is 22.7. The summed E-state index contributed by atoms with van der Waals surface area (Å²) in [7, 11) is 1.78. The number of rotatable bonds is 8. The smallest absolute Gasteiger partial charge is 0.191 e. The van der Waals surface area contributed by atoms with Crippen molar-refractivity contribution in [1.82, 2.24) is 10.6 Å². The van der Waals surface area contributed by atoms with Crippen LogP contribution in [0.2, 0.25) is 0 Å². The summed E-state index contributed by atoms with van der Waals surface area (Å²) in [6.45, 7) is 3.54. The molecule has 0 saturated carbocycles. The van der Waals surface area contributed by atoms with E-state index in [2.05, 4.69) is 22.8 Å². The summed E-state index contributed by atoms with van der Waals surface area (Å²) in [4.78, 5) is 4.74. The Morgan fingerprint density at radius 3 is 2.57 bits per heavy atom. The van der Waals surface area contributed by atoms with Crippen LogP contribution in [0.1, 0.15) is 24.2 Å². The van der Waals surface area contributed by atoms with E-state index in [0.29, 0.717) is 13.1 Å². The lowest BCUT2D eigenvalue weighted by Gasteiger charge is -2.36. The van der Waals surface area contributed by atoms with Crippen LogP contribution in [0.15, 0.2) is 58.1 Å². The van der Waals surface area contributed by atoms with Crippen LogP contribution in [0.5, 0.6) is 0 Å². The molecule has 0 spiro atoms. The zero-order valence-electron chi connectivity index (χ0n) is 16.4. The van der Waals surface area contributed by atoms with Gasteiger partial charge in [-0.05, 0) is 17.7 Å². The lowest BCUT2D eigenvalue weighted by Crippen LogP contribution is -2.51. The zero-order chi connectivity index (χ0) is 18.8. The maximum absolute atomic E-state index is 5.82. The van der Waals surface area contributed by atoms with Gasteiger partial charge >= 0.3 is 0 Å². The van der Waals surface area contributed by atoms with Crippen molar-refractivity contribution in [3.8, 4) is 0 Å². The number of aliphatic imine (C=N–C) groups is 1. The highest BCUT2D eigenvalue weighted by atomic mass is 127. The minimum Gasteiger partial charge on any atom is -0.469 e. The lowest BCUT2D eigenvalue weighted by molar-refractivity contribution is -0.0855. The maximum atomic E-state index is 5.82. The molecule has 0 unspecified atom stereocenters. The van der Waals surface area contributed by atoms with Gasteiger partial charge in [-0.2, -0.15) is 0 Å². The van der Waals surface area contributed by atoms with E-state index in [0.717, 1.165) is 50.7 Å². The normalized spacial score (nSPS) is 16.2. The van der Waals surface area contributed by atoms with Gasteiger partial charge in [-0.25, -0.2) is 4.99 Å². The Hall–Kier alpha value is -1.58. The molecule has 1 saturated heterocycles. The molecule has 2 heterocycles. The number of hydrogen-bond acceptors (Lipinski definition) is 4. The van der Waals surface area contributed by atoms with Crippen LogP contribution >= 0.6 is 24.0 Å². The molecule has 0 aliphatic carbocycles. The Labute approximate surface area is 184 Å². The van der Waals surface area contributed by atoms with E-state index in [1.165, 1.54) is 5.56 Å². The molecule has 1 aliphatic heterocycles. The average molecular weight is 499 g/mol. The molecule has 154 valence electrons. The first-order valence-corrected chi connectivity index (χ1v) is 9.51. The minimum absolute atomic E-state index is 0. The Bertz CT molecular complexity index is 686. The van der Waals surface area contributed by atoms with Gasteiger partial charge in [-0.3, -0.25) is 0 Å². The molecule has 1 aliphatic rings. The van der Waals surface area contributed by atoms with Crippen LogP contribution in [0, 0.1) is 0 Å². The molecule has 0 amide bonds. The molecular weight excluding hydrogens is 469 g/mol. The van der Waals surface area contributed by atoms with Crippen molar-refractivity contribution in [1.29, 1.82) is 0 Å². The van der Waals surface area contributed by atoms with Crippen LogP contribution in [-0.4, -0.2) is 45.0 Å². The van der Waals surface area contributed by atoms with Gasteiger partial charge in [-0.15, -0.1) is 24.0 Å².